The van der Waals surface area contributed by atoms with Gasteiger partial charge in [0, 0.05) is 0 Å². The Hall–Kier alpha value is -2.30. The summed E-state index contributed by atoms with van der Waals surface area (Å²) in [4.78, 5) is 24.2. The van der Waals surface area contributed by atoms with E-state index in [0.717, 1.165) is 17.7 Å². The van der Waals surface area contributed by atoms with E-state index in [1.54, 1.807) is 7.11 Å². The maximum Gasteiger partial charge on any atom is 0.307 e. The predicted octanol–water partition coefficient (Wildman–Crippen LogP) is 2.40. The molecule has 0 radical (unpaired) electrons. The molecular weight excluding hydrogens is 294 g/mol. The molecule has 0 spiro atoms. The van der Waals surface area contributed by atoms with Gasteiger partial charge in [0.1, 0.15) is 5.75 Å². The highest BCUT2D eigenvalue weighted by molar-refractivity contribution is 5.87. The van der Waals surface area contributed by atoms with E-state index in [-0.39, 0.29) is 23.8 Å². The highest BCUT2D eigenvalue weighted by atomic mass is 16.5. The summed E-state index contributed by atoms with van der Waals surface area (Å²) in [6.07, 6.45) is 4.70. The lowest BCUT2D eigenvalue weighted by molar-refractivity contribution is -0.148. The Morgan fingerprint density at radius 3 is 2.61 bits per heavy atom. The largest absolute Gasteiger partial charge is 0.497 e. The lowest BCUT2D eigenvalue weighted by Crippen LogP contribution is -2.41. The van der Waals surface area contributed by atoms with Gasteiger partial charge in [-0.2, -0.15) is 0 Å². The third-order valence-electron chi connectivity index (χ3n) is 5.00. The van der Waals surface area contributed by atoms with Gasteiger partial charge in [0.25, 0.3) is 0 Å². The summed E-state index contributed by atoms with van der Waals surface area (Å²) < 4.78 is 5.20. The minimum absolute atomic E-state index is 0.0135. The first-order valence-electron chi connectivity index (χ1n) is 7.86. The molecule has 3 rings (SSSR count). The van der Waals surface area contributed by atoms with Crippen molar-refractivity contribution in [2.75, 3.05) is 7.11 Å². The highest BCUT2D eigenvalue weighted by Gasteiger charge is 2.51. The third kappa shape index (κ3) is 2.83. The number of rotatable bonds is 5. The lowest BCUT2D eigenvalue weighted by atomic mass is 9.82. The van der Waals surface area contributed by atoms with Crippen molar-refractivity contribution >= 4 is 11.9 Å². The number of carbonyl (C=O) groups is 2. The third-order valence-corrected chi connectivity index (χ3v) is 5.00. The second-order valence-electron chi connectivity index (χ2n) is 6.35. The second kappa shape index (κ2) is 6.07. The SMILES string of the molecule is COc1cccc(C(C)NC(=O)C2C3C=CC(C3)C2C(=O)O)c1. The first-order chi connectivity index (χ1) is 11.0. The van der Waals surface area contributed by atoms with Crippen molar-refractivity contribution in [1.82, 2.24) is 5.32 Å². The molecule has 1 aromatic rings. The minimum Gasteiger partial charge on any atom is -0.497 e. The van der Waals surface area contributed by atoms with Crippen LogP contribution in [0.15, 0.2) is 36.4 Å². The summed E-state index contributed by atoms with van der Waals surface area (Å²) in [5, 5.41) is 12.4. The molecule has 0 aliphatic heterocycles. The Kier molecular flexibility index (Phi) is 4.11. The van der Waals surface area contributed by atoms with E-state index in [1.807, 2.05) is 43.3 Å². The Morgan fingerprint density at radius 1 is 1.26 bits per heavy atom. The average Bonchev–Trinajstić information content (AvgIpc) is 3.15. The number of benzene rings is 1. The van der Waals surface area contributed by atoms with Crippen LogP contribution >= 0.6 is 0 Å². The van der Waals surface area contributed by atoms with E-state index in [9.17, 15) is 14.7 Å². The smallest absolute Gasteiger partial charge is 0.307 e. The fourth-order valence-electron chi connectivity index (χ4n) is 3.82. The van der Waals surface area contributed by atoms with Crippen LogP contribution < -0.4 is 10.1 Å². The number of carbonyl (C=O) groups excluding carboxylic acids is 1. The Labute approximate surface area is 135 Å². The fourth-order valence-corrected chi connectivity index (χ4v) is 3.82. The zero-order valence-electron chi connectivity index (χ0n) is 13.2. The van der Waals surface area contributed by atoms with Crippen LogP contribution in [0, 0.1) is 23.7 Å². The van der Waals surface area contributed by atoms with Crippen molar-refractivity contribution < 1.29 is 19.4 Å². The van der Waals surface area contributed by atoms with Crippen LogP contribution in [-0.2, 0) is 9.59 Å². The molecule has 0 aromatic heterocycles. The zero-order valence-corrected chi connectivity index (χ0v) is 13.2. The summed E-state index contributed by atoms with van der Waals surface area (Å²) in [6, 6.07) is 7.31. The van der Waals surface area contributed by atoms with Crippen LogP contribution in [0.25, 0.3) is 0 Å². The number of aliphatic carboxylic acids is 1. The van der Waals surface area contributed by atoms with Gasteiger partial charge in [-0.15, -0.1) is 0 Å². The van der Waals surface area contributed by atoms with E-state index >= 15 is 0 Å². The summed E-state index contributed by atoms with van der Waals surface area (Å²) in [7, 11) is 1.60. The summed E-state index contributed by atoms with van der Waals surface area (Å²) in [6.45, 7) is 1.89. The number of methoxy groups -OCH3 is 1. The maximum atomic E-state index is 12.6. The van der Waals surface area contributed by atoms with Gasteiger partial charge in [0.15, 0.2) is 0 Å². The van der Waals surface area contributed by atoms with Gasteiger partial charge >= 0.3 is 5.97 Å². The second-order valence-corrected chi connectivity index (χ2v) is 6.35. The van der Waals surface area contributed by atoms with Crippen molar-refractivity contribution in [2.45, 2.75) is 19.4 Å². The molecule has 2 N–H and O–H groups in total. The van der Waals surface area contributed by atoms with Gasteiger partial charge in [-0.1, -0.05) is 24.3 Å². The predicted molar refractivity (Wildman–Crippen MR) is 84.9 cm³/mol. The van der Waals surface area contributed by atoms with Crippen LogP contribution in [0.5, 0.6) is 5.75 Å². The summed E-state index contributed by atoms with van der Waals surface area (Å²) >= 11 is 0. The molecular formula is C18H21NO4. The summed E-state index contributed by atoms with van der Waals surface area (Å²) in [5.74, 6) is -1.38. The van der Waals surface area contributed by atoms with Gasteiger partial charge in [-0.25, -0.2) is 0 Å². The molecule has 5 nitrogen and oxygen atoms in total. The normalized spacial score (nSPS) is 29.3. The van der Waals surface area contributed by atoms with Crippen molar-refractivity contribution in [3.63, 3.8) is 0 Å². The fraction of sp³-hybridized carbons (Fsp3) is 0.444. The number of carboxylic acids is 1. The molecule has 1 saturated carbocycles. The molecule has 1 aromatic carbocycles. The molecule has 0 heterocycles. The van der Waals surface area contributed by atoms with Gasteiger partial charge in [-0.05, 0) is 42.9 Å². The van der Waals surface area contributed by atoms with E-state index in [4.69, 9.17) is 4.74 Å². The number of amides is 1. The molecule has 23 heavy (non-hydrogen) atoms. The molecule has 2 aliphatic carbocycles. The first-order valence-corrected chi connectivity index (χ1v) is 7.86. The van der Waals surface area contributed by atoms with Crippen LogP contribution in [0.3, 0.4) is 0 Å². The number of hydrogen-bond donors (Lipinski definition) is 2. The molecule has 1 fully saturated rings. The molecule has 2 bridgehead atoms. The van der Waals surface area contributed by atoms with Crippen LogP contribution in [-0.4, -0.2) is 24.1 Å². The number of ether oxygens (including phenoxy) is 1. The maximum absolute atomic E-state index is 12.6. The van der Waals surface area contributed by atoms with Gasteiger partial charge in [0.05, 0.1) is 25.0 Å². The number of allylic oxidation sites excluding steroid dienone is 2. The van der Waals surface area contributed by atoms with E-state index in [1.165, 1.54) is 0 Å². The number of nitrogens with one attached hydrogen (secondary N) is 1. The van der Waals surface area contributed by atoms with Crippen LogP contribution in [0.4, 0.5) is 0 Å². The monoisotopic (exact) mass is 315 g/mol. The van der Waals surface area contributed by atoms with Crippen molar-refractivity contribution in [3.05, 3.63) is 42.0 Å². The molecule has 0 saturated heterocycles. The standard InChI is InChI=1S/C18H21NO4/c1-10(11-4-3-5-14(9-11)23-2)19-17(20)15-12-6-7-13(8-12)16(15)18(21)22/h3-7,9-10,12-13,15-16H,8H2,1-2H3,(H,19,20)(H,21,22). The first kappa shape index (κ1) is 15.6. The molecule has 5 heteroatoms. The van der Waals surface area contributed by atoms with Crippen molar-refractivity contribution in [2.24, 2.45) is 23.7 Å². The van der Waals surface area contributed by atoms with Gasteiger partial charge < -0.3 is 15.2 Å². The molecule has 122 valence electrons. The van der Waals surface area contributed by atoms with E-state index in [2.05, 4.69) is 5.32 Å². The van der Waals surface area contributed by atoms with Gasteiger partial charge in [-0.3, -0.25) is 9.59 Å². The quantitative estimate of drug-likeness (QED) is 0.818. The Morgan fingerprint density at radius 2 is 1.96 bits per heavy atom. The molecule has 5 atom stereocenters. The molecule has 5 unspecified atom stereocenters. The van der Waals surface area contributed by atoms with Gasteiger partial charge in [0.2, 0.25) is 5.91 Å². The molecule has 1 amide bonds. The zero-order chi connectivity index (χ0) is 16.6. The van der Waals surface area contributed by atoms with E-state index in [0.29, 0.717) is 0 Å². The lowest BCUT2D eigenvalue weighted by Gasteiger charge is -2.26. The van der Waals surface area contributed by atoms with E-state index < -0.39 is 17.8 Å². The van der Waals surface area contributed by atoms with Crippen molar-refractivity contribution in [1.29, 1.82) is 0 Å². The minimum atomic E-state index is -0.879. The Balaban J connectivity index is 1.73. The number of fused-ring (bicyclic) bond motifs is 2. The van der Waals surface area contributed by atoms with Crippen molar-refractivity contribution in [3.8, 4) is 5.75 Å². The Bertz CT molecular complexity index is 654. The highest BCUT2D eigenvalue weighted by Crippen LogP contribution is 2.48. The number of hydrogen-bond acceptors (Lipinski definition) is 3. The van der Waals surface area contributed by atoms with Crippen LogP contribution in [0.1, 0.15) is 24.9 Å². The topological polar surface area (TPSA) is 75.6 Å². The summed E-state index contributed by atoms with van der Waals surface area (Å²) in [5.41, 5.74) is 0.934. The molecule has 2 aliphatic rings. The average molecular weight is 315 g/mol. The number of carboxylic acid groups (broad SMARTS) is 1. The van der Waals surface area contributed by atoms with Crippen LogP contribution in [0.2, 0.25) is 0 Å².